The number of benzene rings is 2. The molecule has 2 aromatic rings. The molecule has 18 heavy (non-hydrogen) atoms. The number of hydrogen-bond acceptors (Lipinski definition) is 2. The van der Waals surface area contributed by atoms with Crippen molar-refractivity contribution in [3.05, 3.63) is 58.6 Å². The number of fused-ring (bicyclic) bond motifs is 1. The smallest absolute Gasteiger partial charge is 0.145 e. The molecule has 0 bridgehead atoms. The zero-order valence-electron chi connectivity index (χ0n) is 9.98. The average Bonchev–Trinajstić information content (AvgIpc) is 2.38. The fourth-order valence-electron chi connectivity index (χ4n) is 1.92. The van der Waals surface area contributed by atoms with Crippen LogP contribution in [0.4, 0.5) is 5.69 Å². The first-order valence-corrected chi connectivity index (χ1v) is 6.17. The summed E-state index contributed by atoms with van der Waals surface area (Å²) in [6.07, 6.45) is 0. The van der Waals surface area contributed by atoms with Crippen molar-refractivity contribution in [2.75, 3.05) is 6.61 Å². The lowest BCUT2D eigenvalue weighted by Crippen LogP contribution is -2.16. The van der Waals surface area contributed by atoms with Crippen molar-refractivity contribution in [3.8, 4) is 5.75 Å². The summed E-state index contributed by atoms with van der Waals surface area (Å²) in [5.74, 6) is 0.787. The maximum atomic E-state index is 5.97. The minimum atomic E-state index is 0.498. The van der Waals surface area contributed by atoms with Gasteiger partial charge in [0.1, 0.15) is 18.0 Å². The maximum absolute atomic E-state index is 5.97. The molecule has 0 amide bonds. The number of rotatable bonds is 1. The summed E-state index contributed by atoms with van der Waals surface area (Å²) in [5, 5.41) is 0.672. The summed E-state index contributed by atoms with van der Waals surface area (Å²) in [4.78, 5) is 4.61. The van der Waals surface area contributed by atoms with Crippen LogP contribution in [0, 0.1) is 6.92 Å². The van der Waals surface area contributed by atoms with E-state index in [0.717, 1.165) is 22.7 Å². The number of halogens is 1. The number of hydrogen-bond donors (Lipinski definition) is 0. The lowest BCUT2D eigenvalue weighted by Gasteiger charge is -2.17. The molecule has 0 aromatic heterocycles. The Morgan fingerprint density at radius 3 is 2.67 bits per heavy atom. The fraction of sp³-hybridized carbons (Fsp3) is 0.133. The number of nitrogens with zero attached hydrogens (tertiary/aromatic N) is 1. The van der Waals surface area contributed by atoms with Gasteiger partial charge in [-0.25, -0.2) is 4.99 Å². The highest BCUT2D eigenvalue weighted by atomic mass is 35.5. The van der Waals surface area contributed by atoms with Crippen LogP contribution in [-0.4, -0.2) is 12.3 Å². The number of ether oxygens (including phenoxy) is 1. The largest absolute Gasteiger partial charge is 0.485 e. The van der Waals surface area contributed by atoms with E-state index in [1.165, 1.54) is 5.56 Å². The quantitative estimate of drug-likeness (QED) is 0.752. The van der Waals surface area contributed by atoms with E-state index in [1.807, 2.05) is 18.2 Å². The van der Waals surface area contributed by atoms with Crippen molar-refractivity contribution < 1.29 is 4.74 Å². The van der Waals surface area contributed by atoms with Gasteiger partial charge in [0.15, 0.2) is 0 Å². The standard InChI is InChI=1S/C15H12ClNO/c1-10-2-4-11(5-3-10)14-9-18-15-7-6-12(16)8-13(15)17-14/h2-8H,9H2,1H3. The highest BCUT2D eigenvalue weighted by molar-refractivity contribution is 6.31. The monoisotopic (exact) mass is 257 g/mol. The molecule has 1 aliphatic heterocycles. The molecule has 0 fully saturated rings. The van der Waals surface area contributed by atoms with Crippen LogP contribution in [0.5, 0.6) is 5.75 Å². The normalized spacial score (nSPS) is 13.6. The predicted molar refractivity (Wildman–Crippen MR) is 74.3 cm³/mol. The van der Waals surface area contributed by atoms with E-state index in [-0.39, 0.29) is 0 Å². The number of aliphatic imine (C=N–C) groups is 1. The summed E-state index contributed by atoms with van der Waals surface area (Å²) in [6, 6.07) is 13.8. The molecule has 0 aliphatic carbocycles. The third-order valence-corrected chi connectivity index (χ3v) is 3.16. The van der Waals surface area contributed by atoms with E-state index in [2.05, 4.69) is 36.2 Å². The number of aryl methyl sites for hydroxylation is 1. The molecule has 0 atom stereocenters. The molecule has 0 N–H and O–H groups in total. The van der Waals surface area contributed by atoms with Crippen LogP contribution in [-0.2, 0) is 0 Å². The molecule has 0 radical (unpaired) electrons. The van der Waals surface area contributed by atoms with Gasteiger partial charge in [0, 0.05) is 5.02 Å². The van der Waals surface area contributed by atoms with Crippen molar-refractivity contribution in [1.82, 2.24) is 0 Å². The molecule has 90 valence electrons. The topological polar surface area (TPSA) is 21.6 Å². The van der Waals surface area contributed by atoms with Gasteiger partial charge in [-0.2, -0.15) is 0 Å². The van der Waals surface area contributed by atoms with Crippen LogP contribution in [0.3, 0.4) is 0 Å². The molecule has 3 heteroatoms. The minimum absolute atomic E-state index is 0.498. The minimum Gasteiger partial charge on any atom is -0.485 e. The van der Waals surface area contributed by atoms with Gasteiger partial charge in [0.2, 0.25) is 0 Å². The Morgan fingerprint density at radius 2 is 1.89 bits per heavy atom. The van der Waals surface area contributed by atoms with Crippen LogP contribution in [0.25, 0.3) is 0 Å². The van der Waals surface area contributed by atoms with Gasteiger partial charge in [-0.15, -0.1) is 0 Å². The third kappa shape index (κ3) is 2.12. The highest BCUT2D eigenvalue weighted by Gasteiger charge is 2.14. The molecule has 0 unspecified atom stereocenters. The summed E-state index contributed by atoms with van der Waals surface area (Å²) >= 11 is 5.97. The second-order valence-electron chi connectivity index (χ2n) is 4.33. The first kappa shape index (κ1) is 11.3. The SMILES string of the molecule is Cc1ccc(C2=Nc3cc(Cl)ccc3OC2)cc1. The zero-order valence-corrected chi connectivity index (χ0v) is 10.7. The summed E-state index contributed by atoms with van der Waals surface area (Å²) < 4.78 is 5.69. The lowest BCUT2D eigenvalue weighted by atomic mass is 10.1. The van der Waals surface area contributed by atoms with Crippen molar-refractivity contribution in [2.24, 2.45) is 4.99 Å². The Morgan fingerprint density at radius 1 is 1.11 bits per heavy atom. The van der Waals surface area contributed by atoms with Crippen LogP contribution >= 0.6 is 11.6 Å². The van der Waals surface area contributed by atoms with Crippen LogP contribution in [0.15, 0.2) is 47.5 Å². The van der Waals surface area contributed by atoms with Crippen molar-refractivity contribution >= 4 is 23.0 Å². The molecular weight excluding hydrogens is 246 g/mol. The van der Waals surface area contributed by atoms with Crippen LogP contribution < -0.4 is 4.74 Å². The summed E-state index contributed by atoms with van der Waals surface area (Å²) in [6.45, 7) is 2.57. The Hall–Kier alpha value is -1.80. The van der Waals surface area contributed by atoms with Crippen molar-refractivity contribution in [2.45, 2.75) is 6.92 Å². The van der Waals surface area contributed by atoms with E-state index < -0.39 is 0 Å². The van der Waals surface area contributed by atoms with Crippen molar-refractivity contribution in [1.29, 1.82) is 0 Å². The van der Waals surface area contributed by atoms with Crippen LogP contribution in [0.1, 0.15) is 11.1 Å². The highest BCUT2D eigenvalue weighted by Crippen LogP contribution is 2.33. The van der Waals surface area contributed by atoms with Crippen LogP contribution in [0.2, 0.25) is 5.02 Å². The van der Waals surface area contributed by atoms with Gasteiger partial charge in [0.05, 0.1) is 5.71 Å². The first-order chi connectivity index (χ1) is 8.72. The van der Waals surface area contributed by atoms with Gasteiger partial charge in [-0.05, 0) is 30.7 Å². The first-order valence-electron chi connectivity index (χ1n) is 5.79. The Balaban J connectivity index is 2.02. The molecule has 3 rings (SSSR count). The van der Waals surface area contributed by atoms with Gasteiger partial charge >= 0.3 is 0 Å². The molecule has 0 saturated carbocycles. The van der Waals surface area contributed by atoms with E-state index >= 15 is 0 Å². The Bertz CT molecular complexity index is 617. The summed E-state index contributed by atoms with van der Waals surface area (Å²) in [5.41, 5.74) is 4.06. The third-order valence-electron chi connectivity index (χ3n) is 2.93. The average molecular weight is 258 g/mol. The predicted octanol–water partition coefficient (Wildman–Crippen LogP) is 4.16. The lowest BCUT2D eigenvalue weighted by molar-refractivity contribution is 0.373. The van der Waals surface area contributed by atoms with Gasteiger partial charge < -0.3 is 4.74 Å². The second kappa shape index (κ2) is 4.46. The van der Waals surface area contributed by atoms with E-state index in [0.29, 0.717) is 11.6 Å². The molecule has 1 heterocycles. The molecular formula is C15H12ClNO. The summed E-state index contributed by atoms with van der Waals surface area (Å²) in [7, 11) is 0. The fourth-order valence-corrected chi connectivity index (χ4v) is 2.08. The van der Waals surface area contributed by atoms with Gasteiger partial charge in [-0.1, -0.05) is 41.4 Å². The van der Waals surface area contributed by atoms with E-state index in [1.54, 1.807) is 0 Å². The zero-order chi connectivity index (χ0) is 12.5. The van der Waals surface area contributed by atoms with E-state index in [4.69, 9.17) is 16.3 Å². The molecule has 0 saturated heterocycles. The van der Waals surface area contributed by atoms with Gasteiger partial charge in [0.25, 0.3) is 0 Å². The van der Waals surface area contributed by atoms with E-state index in [9.17, 15) is 0 Å². The Kier molecular flexibility index (Phi) is 2.80. The molecule has 0 spiro atoms. The Labute approximate surface area is 111 Å². The van der Waals surface area contributed by atoms with Crippen molar-refractivity contribution in [3.63, 3.8) is 0 Å². The van der Waals surface area contributed by atoms with Gasteiger partial charge in [-0.3, -0.25) is 0 Å². The second-order valence-corrected chi connectivity index (χ2v) is 4.76. The molecule has 2 nitrogen and oxygen atoms in total. The molecule has 1 aliphatic rings. The maximum Gasteiger partial charge on any atom is 0.145 e. The molecule has 2 aromatic carbocycles.